The minimum atomic E-state index is -2.93. The third-order valence-corrected chi connectivity index (χ3v) is 6.07. The van der Waals surface area contributed by atoms with Crippen molar-refractivity contribution < 1.29 is 17.9 Å². The van der Waals surface area contributed by atoms with Crippen molar-refractivity contribution >= 4 is 31.6 Å². The van der Waals surface area contributed by atoms with Crippen LogP contribution in [-0.2, 0) is 9.84 Å². The summed E-state index contributed by atoms with van der Waals surface area (Å²) in [6, 6.07) is 5.10. The summed E-state index contributed by atoms with van der Waals surface area (Å²) in [7, 11) is 0.425. The molecule has 0 aliphatic carbocycles. The summed E-state index contributed by atoms with van der Waals surface area (Å²) >= 11 is 3.35. The van der Waals surface area contributed by atoms with Crippen molar-refractivity contribution in [3.63, 3.8) is 0 Å². The zero-order valence-corrected chi connectivity index (χ0v) is 14.4. The molecule has 1 fully saturated rings. The van der Waals surface area contributed by atoms with E-state index in [0.717, 1.165) is 4.47 Å². The number of ketones is 1. The molecule has 1 atom stereocenters. The van der Waals surface area contributed by atoms with E-state index in [1.54, 1.807) is 32.4 Å². The van der Waals surface area contributed by atoms with Gasteiger partial charge in [0.15, 0.2) is 15.6 Å². The molecule has 1 heterocycles. The predicted molar refractivity (Wildman–Crippen MR) is 84.7 cm³/mol. The van der Waals surface area contributed by atoms with Crippen LogP contribution in [0.5, 0.6) is 5.75 Å². The van der Waals surface area contributed by atoms with Gasteiger partial charge in [-0.3, -0.25) is 9.69 Å². The Morgan fingerprint density at radius 3 is 2.71 bits per heavy atom. The van der Waals surface area contributed by atoms with Crippen LogP contribution in [-0.4, -0.2) is 57.4 Å². The number of nitrogens with zero attached hydrogens (tertiary/aromatic N) is 1. The van der Waals surface area contributed by atoms with Gasteiger partial charge in [-0.15, -0.1) is 0 Å². The van der Waals surface area contributed by atoms with Gasteiger partial charge in [0.25, 0.3) is 0 Å². The lowest BCUT2D eigenvalue weighted by atomic mass is 10.1. The first-order valence-electron chi connectivity index (χ1n) is 6.60. The van der Waals surface area contributed by atoms with Crippen LogP contribution >= 0.6 is 15.9 Å². The quantitative estimate of drug-likeness (QED) is 0.733. The number of hydrogen-bond donors (Lipinski definition) is 0. The molecule has 2 rings (SSSR count). The van der Waals surface area contributed by atoms with Gasteiger partial charge in [0.2, 0.25) is 0 Å². The average molecular weight is 376 g/mol. The topological polar surface area (TPSA) is 63.7 Å². The molecule has 1 saturated heterocycles. The van der Waals surface area contributed by atoms with Crippen LogP contribution in [0, 0.1) is 0 Å². The Kier molecular flexibility index (Phi) is 5.06. The normalized spacial score (nSPS) is 20.7. The Morgan fingerprint density at radius 1 is 1.48 bits per heavy atom. The van der Waals surface area contributed by atoms with E-state index in [0.29, 0.717) is 17.7 Å². The van der Waals surface area contributed by atoms with Crippen molar-refractivity contribution in [1.82, 2.24) is 4.90 Å². The molecule has 0 amide bonds. The number of rotatable bonds is 5. The van der Waals surface area contributed by atoms with Crippen molar-refractivity contribution in [2.45, 2.75) is 12.5 Å². The van der Waals surface area contributed by atoms with E-state index in [1.165, 1.54) is 0 Å². The van der Waals surface area contributed by atoms with Gasteiger partial charge in [-0.2, -0.15) is 0 Å². The highest BCUT2D eigenvalue weighted by Crippen LogP contribution is 2.26. The predicted octanol–water partition coefficient (Wildman–Crippen LogP) is 1.76. The third-order valence-electron chi connectivity index (χ3n) is 3.70. The smallest absolute Gasteiger partial charge is 0.176 e. The highest BCUT2D eigenvalue weighted by molar-refractivity contribution is 9.10. The molecular weight excluding hydrogens is 358 g/mol. The van der Waals surface area contributed by atoms with Crippen molar-refractivity contribution in [3.05, 3.63) is 28.2 Å². The summed E-state index contributed by atoms with van der Waals surface area (Å²) in [5.74, 6) is 0.986. The fraction of sp³-hybridized carbons (Fsp3) is 0.500. The maximum atomic E-state index is 12.3. The fourth-order valence-electron chi connectivity index (χ4n) is 2.41. The first-order chi connectivity index (χ1) is 9.82. The largest absolute Gasteiger partial charge is 0.496 e. The van der Waals surface area contributed by atoms with E-state index in [9.17, 15) is 13.2 Å². The lowest BCUT2D eigenvalue weighted by Gasteiger charge is -2.22. The number of Topliss-reactive ketones (excluding diaryl/α,β-unsaturated/α-hetero) is 1. The molecule has 116 valence electrons. The third kappa shape index (κ3) is 4.05. The second-order valence-corrected chi connectivity index (χ2v) is 8.33. The van der Waals surface area contributed by atoms with Crippen molar-refractivity contribution in [2.24, 2.45) is 0 Å². The van der Waals surface area contributed by atoms with Gasteiger partial charge in [-0.1, -0.05) is 0 Å². The summed E-state index contributed by atoms with van der Waals surface area (Å²) < 4.78 is 28.8. The highest BCUT2D eigenvalue weighted by Gasteiger charge is 2.31. The zero-order chi connectivity index (χ0) is 15.6. The van der Waals surface area contributed by atoms with Crippen LogP contribution in [0.3, 0.4) is 0 Å². The second-order valence-electron chi connectivity index (χ2n) is 5.24. The lowest BCUT2D eigenvalue weighted by Crippen LogP contribution is -2.36. The first kappa shape index (κ1) is 16.5. The van der Waals surface area contributed by atoms with E-state index in [1.807, 2.05) is 4.90 Å². The molecule has 0 bridgehead atoms. The standard InChI is InChI=1S/C14H18BrNO4S/c1-16(11-5-6-21(18,19)9-11)8-13(17)10-3-4-14(20-2)12(15)7-10/h3-4,7,11H,5-6,8-9H2,1-2H3. The maximum Gasteiger partial charge on any atom is 0.176 e. The van der Waals surface area contributed by atoms with E-state index >= 15 is 0 Å². The highest BCUT2D eigenvalue weighted by atomic mass is 79.9. The SMILES string of the molecule is COc1ccc(C(=O)CN(C)C2CCS(=O)(=O)C2)cc1Br. The summed E-state index contributed by atoms with van der Waals surface area (Å²) in [4.78, 5) is 14.1. The van der Waals surface area contributed by atoms with Crippen LogP contribution in [0.15, 0.2) is 22.7 Å². The molecule has 7 heteroatoms. The molecule has 1 unspecified atom stereocenters. The molecule has 1 aliphatic rings. The maximum absolute atomic E-state index is 12.3. The van der Waals surface area contributed by atoms with Crippen LogP contribution in [0.2, 0.25) is 0 Å². The van der Waals surface area contributed by atoms with Gasteiger partial charge in [-0.25, -0.2) is 8.42 Å². The van der Waals surface area contributed by atoms with E-state index in [-0.39, 0.29) is 29.9 Å². The Labute approximate surface area is 133 Å². The molecule has 1 aromatic rings. The van der Waals surface area contributed by atoms with Crippen molar-refractivity contribution in [3.8, 4) is 5.75 Å². The summed E-state index contributed by atoms with van der Waals surface area (Å²) in [5, 5.41) is 0. The Hall–Kier alpha value is -0.920. The van der Waals surface area contributed by atoms with Crippen LogP contribution in [0.25, 0.3) is 0 Å². The van der Waals surface area contributed by atoms with E-state index in [4.69, 9.17) is 4.74 Å². The number of likely N-dealkylation sites (N-methyl/N-ethyl adjacent to an activating group) is 1. The Bertz CT molecular complexity index is 644. The first-order valence-corrected chi connectivity index (χ1v) is 9.21. The van der Waals surface area contributed by atoms with Crippen LogP contribution < -0.4 is 4.74 Å². The fourth-order valence-corrected chi connectivity index (χ4v) is 4.76. The minimum Gasteiger partial charge on any atom is -0.496 e. The number of methoxy groups -OCH3 is 1. The molecule has 0 spiro atoms. The molecule has 0 N–H and O–H groups in total. The van der Waals surface area contributed by atoms with Crippen LogP contribution in [0.4, 0.5) is 0 Å². The Morgan fingerprint density at radius 2 is 2.19 bits per heavy atom. The molecule has 21 heavy (non-hydrogen) atoms. The van der Waals surface area contributed by atoms with Gasteiger partial charge in [0, 0.05) is 11.6 Å². The molecule has 5 nitrogen and oxygen atoms in total. The summed E-state index contributed by atoms with van der Waals surface area (Å²) in [6.07, 6.45) is 0.596. The van der Waals surface area contributed by atoms with Gasteiger partial charge < -0.3 is 4.74 Å². The van der Waals surface area contributed by atoms with Gasteiger partial charge in [-0.05, 0) is 47.6 Å². The molecular formula is C14H18BrNO4S. The number of benzene rings is 1. The van der Waals surface area contributed by atoms with Crippen LogP contribution in [0.1, 0.15) is 16.8 Å². The number of hydrogen-bond acceptors (Lipinski definition) is 5. The molecule has 0 aromatic heterocycles. The molecule has 0 saturated carbocycles. The number of carbonyl (C=O) groups excluding carboxylic acids is 1. The molecule has 0 radical (unpaired) electrons. The summed E-state index contributed by atoms with van der Waals surface area (Å²) in [5.41, 5.74) is 0.579. The van der Waals surface area contributed by atoms with E-state index < -0.39 is 9.84 Å². The van der Waals surface area contributed by atoms with Gasteiger partial charge in [0.05, 0.1) is 29.6 Å². The number of sulfone groups is 1. The Balaban J connectivity index is 2.03. The molecule has 1 aliphatic heterocycles. The van der Waals surface area contributed by atoms with Gasteiger partial charge in [0.1, 0.15) is 5.75 Å². The lowest BCUT2D eigenvalue weighted by molar-refractivity contribution is 0.0926. The minimum absolute atomic E-state index is 0.0369. The number of ether oxygens (including phenoxy) is 1. The average Bonchev–Trinajstić information content (AvgIpc) is 2.79. The zero-order valence-electron chi connectivity index (χ0n) is 12.0. The second kappa shape index (κ2) is 6.46. The summed E-state index contributed by atoms with van der Waals surface area (Å²) in [6.45, 7) is 0.207. The van der Waals surface area contributed by atoms with Crippen molar-refractivity contribution in [1.29, 1.82) is 0 Å². The number of halogens is 1. The van der Waals surface area contributed by atoms with E-state index in [2.05, 4.69) is 15.9 Å². The van der Waals surface area contributed by atoms with Crippen molar-refractivity contribution in [2.75, 3.05) is 32.2 Å². The van der Waals surface area contributed by atoms with Gasteiger partial charge >= 0.3 is 0 Å². The monoisotopic (exact) mass is 375 g/mol. The molecule has 1 aromatic carbocycles. The number of carbonyl (C=O) groups is 1.